The van der Waals surface area contributed by atoms with E-state index >= 15 is 0 Å². The predicted molar refractivity (Wildman–Crippen MR) is 220 cm³/mol. The first-order chi connectivity index (χ1) is 25.2. The summed E-state index contributed by atoms with van der Waals surface area (Å²) < 4.78 is 1.07. The summed E-state index contributed by atoms with van der Waals surface area (Å²) in [4.78, 5) is 2.34. The van der Waals surface area contributed by atoms with Crippen LogP contribution in [0.4, 0.5) is 17.1 Å². The number of halogens is 1. The lowest BCUT2D eigenvalue weighted by molar-refractivity contribution is 0.794. The Morgan fingerprint density at radius 2 is 0.843 bits per heavy atom. The fourth-order valence-corrected chi connectivity index (χ4v) is 8.27. The van der Waals surface area contributed by atoms with Crippen molar-refractivity contribution in [3.8, 4) is 33.4 Å². The maximum Gasteiger partial charge on any atom is 0.0778 e. The Labute approximate surface area is 309 Å². The van der Waals surface area contributed by atoms with Crippen molar-refractivity contribution < 1.29 is 0 Å². The maximum absolute atomic E-state index is 4.11. The molecular formula is C49H36BrN. The van der Waals surface area contributed by atoms with Gasteiger partial charge in [0.15, 0.2) is 0 Å². The van der Waals surface area contributed by atoms with Crippen LogP contribution in [0.25, 0.3) is 33.4 Å². The molecule has 0 saturated heterocycles. The fourth-order valence-electron chi connectivity index (χ4n) is 7.46. The van der Waals surface area contributed by atoms with E-state index in [1.807, 2.05) is 12.2 Å². The van der Waals surface area contributed by atoms with Gasteiger partial charge in [0.1, 0.15) is 0 Å². The SMILES string of the molecule is C=CC=CC=C(Br)C1(c2ccc(N(c3ccc(-c4ccccc4)cc3)c3ccc(-c4ccccc4)cc3)cc2)c2ccccc2-c2ccccc21. The first kappa shape index (κ1) is 32.3. The highest BCUT2D eigenvalue weighted by Gasteiger charge is 2.46. The van der Waals surface area contributed by atoms with Crippen LogP contribution in [0, 0.1) is 0 Å². The standard InChI is InChI=1S/C49H36BrN/c1-2-3-6-23-48(50)49(46-21-13-11-19-44(46)45-20-12-14-22-47(45)49)40-28-34-43(35-29-40)51(41-30-24-38(25-31-41)36-15-7-4-8-16-36)42-32-26-39(27-33-42)37-17-9-5-10-18-37/h2-35H,1H2. The summed E-state index contributed by atoms with van der Waals surface area (Å²) in [5.74, 6) is 0. The Morgan fingerprint density at radius 1 is 0.451 bits per heavy atom. The van der Waals surface area contributed by atoms with E-state index in [9.17, 15) is 0 Å². The zero-order valence-electron chi connectivity index (χ0n) is 28.2. The summed E-state index contributed by atoms with van der Waals surface area (Å²) in [6, 6.07) is 65.5. The third-order valence-corrected chi connectivity index (χ3v) is 10.7. The lowest BCUT2D eigenvalue weighted by Gasteiger charge is -2.34. The van der Waals surface area contributed by atoms with Crippen molar-refractivity contribution in [1.82, 2.24) is 0 Å². The molecule has 0 aromatic heterocycles. The molecule has 7 aromatic rings. The molecule has 1 aliphatic carbocycles. The molecule has 0 spiro atoms. The van der Waals surface area contributed by atoms with Crippen LogP contribution in [0.1, 0.15) is 16.7 Å². The van der Waals surface area contributed by atoms with Crippen molar-refractivity contribution >= 4 is 33.0 Å². The van der Waals surface area contributed by atoms with Crippen molar-refractivity contribution in [2.75, 3.05) is 4.90 Å². The summed E-state index contributed by atoms with van der Waals surface area (Å²) in [6.07, 6.45) is 7.98. The second-order valence-corrected chi connectivity index (χ2v) is 13.5. The van der Waals surface area contributed by atoms with Gasteiger partial charge in [-0.2, -0.15) is 0 Å². The molecule has 2 heteroatoms. The molecule has 0 fully saturated rings. The topological polar surface area (TPSA) is 3.24 Å². The van der Waals surface area contributed by atoms with Gasteiger partial charge in [0.2, 0.25) is 0 Å². The summed E-state index contributed by atoms with van der Waals surface area (Å²) in [5, 5.41) is 0. The summed E-state index contributed by atoms with van der Waals surface area (Å²) >= 11 is 4.11. The molecule has 1 nitrogen and oxygen atoms in total. The number of benzene rings is 7. The average molecular weight is 719 g/mol. The van der Waals surface area contributed by atoms with Crippen LogP contribution in [-0.4, -0.2) is 0 Å². The van der Waals surface area contributed by atoms with Crippen molar-refractivity contribution in [1.29, 1.82) is 0 Å². The third kappa shape index (κ3) is 5.88. The smallest absolute Gasteiger partial charge is 0.0778 e. The minimum absolute atomic E-state index is 0.517. The molecule has 0 radical (unpaired) electrons. The second-order valence-electron chi connectivity index (χ2n) is 12.7. The highest BCUT2D eigenvalue weighted by Crippen LogP contribution is 2.57. The predicted octanol–water partition coefficient (Wildman–Crippen LogP) is 13.8. The van der Waals surface area contributed by atoms with E-state index in [0.29, 0.717) is 0 Å². The summed E-state index contributed by atoms with van der Waals surface area (Å²) in [5.41, 5.74) is 13.8. The van der Waals surface area contributed by atoms with Crippen molar-refractivity contribution in [2.45, 2.75) is 5.41 Å². The van der Waals surface area contributed by atoms with Crippen molar-refractivity contribution in [2.24, 2.45) is 0 Å². The van der Waals surface area contributed by atoms with Gasteiger partial charge in [-0.05, 0) is 86.5 Å². The Balaban J connectivity index is 1.26. The molecule has 1 aliphatic rings. The molecule has 0 unspecified atom stereocenters. The summed E-state index contributed by atoms with van der Waals surface area (Å²) in [7, 11) is 0. The Hall–Kier alpha value is -5.96. The molecule has 244 valence electrons. The fraction of sp³-hybridized carbons (Fsp3) is 0.0204. The van der Waals surface area contributed by atoms with Crippen LogP contribution < -0.4 is 4.90 Å². The van der Waals surface area contributed by atoms with Gasteiger partial charge in [0, 0.05) is 21.5 Å². The van der Waals surface area contributed by atoms with Gasteiger partial charge in [-0.1, -0.05) is 192 Å². The van der Waals surface area contributed by atoms with Gasteiger partial charge in [-0.25, -0.2) is 0 Å². The van der Waals surface area contributed by atoms with E-state index in [-0.39, 0.29) is 0 Å². The van der Waals surface area contributed by atoms with Gasteiger partial charge in [-0.15, -0.1) is 0 Å². The molecule has 0 saturated carbocycles. The van der Waals surface area contributed by atoms with E-state index in [0.717, 1.165) is 21.5 Å². The molecule has 0 atom stereocenters. The Bertz CT molecular complexity index is 2220. The number of allylic oxidation sites excluding steroid dienone is 5. The number of hydrogen-bond acceptors (Lipinski definition) is 1. The number of hydrogen-bond donors (Lipinski definition) is 0. The first-order valence-electron chi connectivity index (χ1n) is 17.2. The minimum Gasteiger partial charge on any atom is -0.311 e. The largest absolute Gasteiger partial charge is 0.311 e. The molecule has 0 amide bonds. The number of fused-ring (bicyclic) bond motifs is 3. The van der Waals surface area contributed by atoms with E-state index in [4.69, 9.17) is 0 Å². The minimum atomic E-state index is -0.517. The lowest BCUT2D eigenvalue weighted by atomic mass is 9.72. The lowest BCUT2D eigenvalue weighted by Crippen LogP contribution is -2.27. The molecule has 0 heterocycles. The third-order valence-electron chi connectivity index (χ3n) is 9.82. The van der Waals surface area contributed by atoms with E-state index in [1.54, 1.807) is 0 Å². The van der Waals surface area contributed by atoms with Gasteiger partial charge in [0.05, 0.1) is 5.41 Å². The van der Waals surface area contributed by atoms with E-state index in [1.165, 1.54) is 50.1 Å². The number of anilines is 3. The van der Waals surface area contributed by atoms with E-state index in [2.05, 4.69) is 222 Å². The highest BCUT2D eigenvalue weighted by molar-refractivity contribution is 9.11. The van der Waals surface area contributed by atoms with Gasteiger partial charge < -0.3 is 4.90 Å². The van der Waals surface area contributed by atoms with Crippen LogP contribution in [0.2, 0.25) is 0 Å². The quantitative estimate of drug-likeness (QED) is 0.134. The van der Waals surface area contributed by atoms with Crippen LogP contribution in [0.5, 0.6) is 0 Å². The molecule has 8 rings (SSSR count). The molecular weight excluding hydrogens is 682 g/mol. The van der Waals surface area contributed by atoms with Crippen molar-refractivity contribution in [3.05, 3.63) is 234 Å². The molecule has 0 bridgehead atoms. The van der Waals surface area contributed by atoms with Crippen LogP contribution in [0.3, 0.4) is 0 Å². The molecule has 7 aromatic carbocycles. The Morgan fingerprint density at radius 3 is 1.29 bits per heavy atom. The first-order valence-corrected chi connectivity index (χ1v) is 18.0. The Kier molecular flexibility index (Phi) is 8.92. The molecule has 0 N–H and O–H groups in total. The van der Waals surface area contributed by atoms with Crippen LogP contribution >= 0.6 is 15.9 Å². The monoisotopic (exact) mass is 717 g/mol. The zero-order chi connectivity index (χ0) is 34.6. The van der Waals surface area contributed by atoms with E-state index < -0.39 is 5.41 Å². The highest BCUT2D eigenvalue weighted by atomic mass is 79.9. The van der Waals surface area contributed by atoms with Gasteiger partial charge in [-0.3, -0.25) is 0 Å². The van der Waals surface area contributed by atoms with Crippen LogP contribution in [-0.2, 0) is 5.41 Å². The van der Waals surface area contributed by atoms with Crippen LogP contribution in [0.15, 0.2) is 217 Å². The maximum atomic E-state index is 4.11. The normalized spacial score (nSPS) is 13.1. The van der Waals surface area contributed by atoms with Gasteiger partial charge >= 0.3 is 0 Å². The van der Waals surface area contributed by atoms with Gasteiger partial charge in [0.25, 0.3) is 0 Å². The van der Waals surface area contributed by atoms with Crippen molar-refractivity contribution in [3.63, 3.8) is 0 Å². The number of nitrogens with zero attached hydrogens (tertiary/aromatic N) is 1. The average Bonchev–Trinajstić information content (AvgIpc) is 3.51. The summed E-state index contributed by atoms with van der Waals surface area (Å²) in [6.45, 7) is 3.88. The second kappa shape index (κ2) is 14.1. The molecule has 0 aliphatic heterocycles. The number of rotatable bonds is 9. The molecule has 51 heavy (non-hydrogen) atoms. The zero-order valence-corrected chi connectivity index (χ0v) is 29.7.